The third kappa shape index (κ3) is 1.23. The van der Waals surface area contributed by atoms with Gasteiger partial charge in [-0.2, -0.15) is 0 Å². The minimum absolute atomic E-state index is 0.0687. The summed E-state index contributed by atoms with van der Waals surface area (Å²) in [5.41, 5.74) is 0.0687. The highest BCUT2D eigenvalue weighted by atomic mass is 16.6. The van der Waals surface area contributed by atoms with E-state index < -0.39 is 4.92 Å². The normalized spacial score (nSPS) is 9.55. The summed E-state index contributed by atoms with van der Waals surface area (Å²) in [4.78, 5) is 23.0. The van der Waals surface area contributed by atoms with E-state index in [0.29, 0.717) is 6.29 Å². The van der Waals surface area contributed by atoms with Gasteiger partial charge >= 0.3 is 5.95 Å². The summed E-state index contributed by atoms with van der Waals surface area (Å²) in [6.45, 7) is 0. The number of aldehydes is 1. The van der Waals surface area contributed by atoms with Crippen LogP contribution in [0.25, 0.3) is 0 Å². The summed E-state index contributed by atoms with van der Waals surface area (Å²) < 4.78 is 1.18. The average Bonchev–Trinajstić information content (AvgIpc) is 2.30. The zero-order valence-corrected chi connectivity index (χ0v) is 5.72. The number of hydrogen-bond acceptors (Lipinski definition) is 4. The number of nitrogens with zero attached hydrogens (tertiary/aromatic N) is 3. The molecular weight excluding hydrogens is 150 g/mol. The van der Waals surface area contributed by atoms with Crippen molar-refractivity contribution in [2.45, 2.75) is 0 Å². The SMILES string of the molecule is Cn1cc(C=O)nc1[N+](=O)[O-]. The van der Waals surface area contributed by atoms with Gasteiger partial charge in [-0.3, -0.25) is 4.79 Å². The molecule has 0 saturated heterocycles. The van der Waals surface area contributed by atoms with E-state index >= 15 is 0 Å². The molecule has 58 valence electrons. The molecule has 11 heavy (non-hydrogen) atoms. The maximum Gasteiger partial charge on any atom is 0.435 e. The van der Waals surface area contributed by atoms with Crippen molar-refractivity contribution in [2.24, 2.45) is 7.05 Å². The van der Waals surface area contributed by atoms with E-state index in [9.17, 15) is 14.9 Å². The number of imidazole rings is 1. The Morgan fingerprint density at radius 2 is 2.45 bits per heavy atom. The van der Waals surface area contributed by atoms with Crippen LogP contribution in [-0.2, 0) is 7.05 Å². The molecule has 1 rings (SSSR count). The molecule has 0 fully saturated rings. The Morgan fingerprint density at radius 1 is 1.82 bits per heavy atom. The van der Waals surface area contributed by atoms with E-state index in [-0.39, 0.29) is 11.6 Å². The molecule has 0 bridgehead atoms. The van der Waals surface area contributed by atoms with E-state index in [4.69, 9.17) is 0 Å². The lowest BCUT2D eigenvalue weighted by Gasteiger charge is -1.90. The Kier molecular flexibility index (Phi) is 1.67. The second-order valence-corrected chi connectivity index (χ2v) is 1.95. The fourth-order valence-electron chi connectivity index (χ4n) is 0.706. The number of aryl methyl sites for hydroxylation is 1. The van der Waals surface area contributed by atoms with Gasteiger partial charge in [-0.25, -0.2) is 4.57 Å². The largest absolute Gasteiger partial charge is 0.435 e. The highest BCUT2D eigenvalue weighted by Crippen LogP contribution is 2.06. The molecule has 0 atom stereocenters. The van der Waals surface area contributed by atoms with Crippen LogP contribution in [0.3, 0.4) is 0 Å². The van der Waals surface area contributed by atoms with Gasteiger partial charge in [0.15, 0.2) is 6.29 Å². The predicted octanol–water partition coefficient (Wildman–Crippen LogP) is 0.141. The third-order valence-electron chi connectivity index (χ3n) is 1.15. The van der Waals surface area contributed by atoms with Crippen LogP contribution in [0, 0.1) is 10.1 Å². The maximum absolute atomic E-state index is 10.2. The Bertz CT molecular complexity index is 304. The first-order chi connectivity index (χ1) is 5.15. The van der Waals surface area contributed by atoms with Gasteiger partial charge in [0.25, 0.3) is 0 Å². The summed E-state index contributed by atoms with van der Waals surface area (Å²) in [7, 11) is 1.46. The van der Waals surface area contributed by atoms with Crippen LogP contribution in [-0.4, -0.2) is 20.8 Å². The van der Waals surface area contributed by atoms with Gasteiger partial charge in [-0.05, 0) is 4.92 Å². The van der Waals surface area contributed by atoms with Crippen molar-refractivity contribution >= 4 is 12.2 Å². The zero-order valence-electron chi connectivity index (χ0n) is 5.72. The maximum atomic E-state index is 10.2. The van der Waals surface area contributed by atoms with Gasteiger partial charge in [0.2, 0.25) is 5.69 Å². The smallest absolute Gasteiger partial charge is 0.390 e. The minimum Gasteiger partial charge on any atom is -0.390 e. The van der Waals surface area contributed by atoms with Gasteiger partial charge in [0.1, 0.15) is 6.20 Å². The van der Waals surface area contributed by atoms with Crippen molar-refractivity contribution < 1.29 is 9.72 Å². The van der Waals surface area contributed by atoms with E-state index in [1.165, 1.54) is 17.8 Å². The quantitative estimate of drug-likeness (QED) is 0.345. The number of nitro groups is 1. The standard InChI is InChI=1S/C5H5N3O3/c1-7-2-4(3-9)6-5(7)8(10)11/h2-3H,1H3. The number of aromatic nitrogens is 2. The zero-order chi connectivity index (χ0) is 8.43. The topological polar surface area (TPSA) is 78.0 Å². The van der Waals surface area contributed by atoms with Crippen LogP contribution in [0.4, 0.5) is 5.95 Å². The highest BCUT2D eigenvalue weighted by molar-refractivity contribution is 5.71. The first kappa shape index (κ1) is 7.39. The van der Waals surface area contributed by atoms with Crippen molar-refractivity contribution in [3.05, 3.63) is 22.0 Å². The summed E-state index contributed by atoms with van der Waals surface area (Å²) in [5, 5.41) is 10.2. The molecule has 1 aromatic rings. The van der Waals surface area contributed by atoms with Crippen molar-refractivity contribution in [2.75, 3.05) is 0 Å². The van der Waals surface area contributed by atoms with Gasteiger partial charge < -0.3 is 10.1 Å². The first-order valence-electron chi connectivity index (χ1n) is 2.78. The van der Waals surface area contributed by atoms with Crippen molar-refractivity contribution in [3.8, 4) is 0 Å². The lowest BCUT2D eigenvalue weighted by molar-refractivity contribution is -0.396. The summed E-state index contributed by atoms with van der Waals surface area (Å²) in [6, 6.07) is 0. The second-order valence-electron chi connectivity index (χ2n) is 1.95. The lowest BCUT2D eigenvalue weighted by Crippen LogP contribution is -1.96. The minimum atomic E-state index is -0.646. The summed E-state index contributed by atoms with van der Waals surface area (Å²) in [5.74, 6) is -0.327. The molecular formula is C5H5N3O3. The molecule has 0 aromatic carbocycles. The van der Waals surface area contributed by atoms with Crippen molar-refractivity contribution in [1.82, 2.24) is 9.55 Å². The van der Waals surface area contributed by atoms with Gasteiger partial charge in [-0.15, -0.1) is 0 Å². The van der Waals surface area contributed by atoms with Gasteiger partial charge in [0, 0.05) is 0 Å². The van der Waals surface area contributed by atoms with Gasteiger partial charge in [0.05, 0.1) is 7.05 Å². The molecule has 0 radical (unpaired) electrons. The van der Waals surface area contributed by atoms with Crippen LogP contribution in [0.1, 0.15) is 10.5 Å². The third-order valence-corrected chi connectivity index (χ3v) is 1.15. The Hall–Kier alpha value is -1.72. The van der Waals surface area contributed by atoms with Crippen molar-refractivity contribution in [3.63, 3.8) is 0 Å². The number of hydrogen-bond donors (Lipinski definition) is 0. The molecule has 0 aliphatic heterocycles. The van der Waals surface area contributed by atoms with E-state index in [0.717, 1.165) is 0 Å². The van der Waals surface area contributed by atoms with E-state index in [1.54, 1.807) is 0 Å². The molecule has 0 saturated carbocycles. The highest BCUT2D eigenvalue weighted by Gasteiger charge is 2.14. The molecule has 0 aliphatic carbocycles. The Labute approximate surface area is 61.6 Å². The lowest BCUT2D eigenvalue weighted by atomic mass is 10.5. The average molecular weight is 155 g/mol. The molecule has 0 N–H and O–H groups in total. The van der Waals surface area contributed by atoms with Crippen LogP contribution < -0.4 is 0 Å². The van der Waals surface area contributed by atoms with Crippen LogP contribution in [0.2, 0.25) is 0 Å². The molecule has 0 unspecified atom stereocenters. The fourth-order valence-corrected chi connectivity index (χ4v) is 0.706. The van der Waals surface area contributed by atoms with Crippen LogP contribution >= 0.6 is 0 Å². The first-order valence-corrected chi connectivity index (χ1v) is 2.78. The van der Waals surface area contributed by atoms with Crippen LogP contribution in [0.5, 0.6) is 0 Å². The monoisotopic (exact) mass is 155 g/mol. The molecule has 6 nitrogen and oxygen atoms in total. The summed E-state index contributed by atoms with van der Waals surface area (Å²) in [6.07, 6.45) is 1.76. The molecule has 0 amide bonds. The number of carbonyl (C=O) groups excluding carboxylic acids is 1. The van der Waals surface area contributed by atoms with Gasteiger partial charge in [-0.1, -0.05) is 4.98 Å². The Balaban J connectivity index is 3.16. The molecule has 6 heteroatoms. The predicted molar refractivity (Wildman–Crippen MR) is 35.2 cm³/mol. The summed E-state index contributed by atoms with van der Waals surface area (Å²) >= 11 is 0. The van der Waals surface area contributed by atoms with Crippen LogP contribution in [0.15, 0.2) is 6.20 Å². The molecule has 0 aliphatic rings. The number of carbonyl (C=O) groups is 1. The second kappa shape index (κ2) is 2.49. The van der Waals surface area contributed by atoms with E-state index in [1.807, 2.05) is 0 Å². The molecule has 1 heterocycles. The van der Waals surface area contributed by atoms with E-state index in [2.05, 4.69) is 4.98 Å². The fraction of sp³-hybridized carbons (Fsp3) is 0.200. The molecule has 1 aromatic heterocycles. The number of rotatable bonds is 2. The Morgan fingerprint density at radius 3 is 2.73 bits per heavy atom. The molecule has 0 spiro atoms. The van der Waals surface area contributed by atoms with Crippen molar-refractivity contribution in [1.29, 1.82) is 0 Å².